The number of nitrogens with zero attached hydrogens (tertiary/aromatic N) is 7. The standard InChI is InChI=1S/C39H26F6N8O3.CH4/c1-2-46-36(54)25-18-30(32-20-52(50-48-32)27-13-7-11-24(17-27)23-10-6-12-26(16-23)38(40,41)42)47-31(19-25)33-21-53(51-49-33)35-28(22-8-4-3-5-9-22)14-15-29(37(55)56)34(35)39(43,44)45;/h3-21H,2H2,1H3,(H,46,54)(H,55,56);1H4. The van der Waals surface area contributed by atoms with Gasteiger partial charge in [0.2, 0.25) is 0 Å². The van der Waals surface area contributed by atoms with Crippen LogP contribution in [0.2, 0.25) is 0 Å². The Hall–Kier alpha value is -7.17. The second-order valence-electron chi connectivity index (χ2n) is 12.3. The molecule has 2 N–H and O–H groups in total. The van der Waals surface area contributed by atoms with Gasteiger partial charge >= 0.3 is 18.3 Å². The van der Waals surface area contributed by atoms with E-state index in [4.69, 9.17) is 0 Å². The molecule has 0 aliphatic rings. The van der Waals surface area contributed by atoms with Gasteiger partial charge in [-0.1, -0.05) is 78.5 Å². The van der Waals surface area contributed by atoms with Crippen LogP contribution in [0, 0.1) is 0 Å². The number of hydrogen-bond donors (Lipinski definition) is 2. The van der Waals surface area contributed by atoms with Crippen molar-refractivity contribution in [3.05, 3.63) is 138 Å². The third kappa shape index (κ3) is 8.12. The first-order valence-corrected chi connectivity index (χ1v) is 16.7. The van der Waals surface area contributed by atoms with Crippen LogP contribution in [-0.4, -0.2) is 58.5 Å². The summed E-state index contributed by atoms with van der Waals surface area (Å²) in [6.07, 6.45) is -7.02. The highest BCUT2D eigenvalue weighted by molar-refractivity contribution is 5.96. The molecule has 1 amide bonds. The van der Waals surface area contributed by atoms with Gasteiger partial charge in [0.25, 0.3) is 5.91 Å². The maximum atomic E-state index is 14.7. The van der Waals surface area contributed by atoms with E-state index in [1.807, 2.05) is 0 Å². The summed E-state index contributed by atoms with van der Waals surface area (Å²) >= 11 is 0. The monoisotopic (exact) mass is 784 g/mol. The van der Waals surface area contributed by atoms with Crippen LogP contribution in [0.15, 0.2) is 116 Å². The number of pyridine rings is 1. The smallest absolute Gasteiger partial charge is 0.419 e. The lowest BCUT2D eigenvalue weighted by molar-refractivity contribution is -0.138. The molecular weight excluding hydrogens is 754 g/mol. The molecule has 7 rings (SSSR count). The number of carboxylic acid groups (broad SMARTS) is 1. The zero-order valence-electron chi connectivity index (χ0n) is 28.8. The minimum atomic E-state index is -5.12. The van der Waals surface area contributed by atoms with Gasteiger partial charge in [-0.25, -0.2) is 19.1 Å². The molecule has 57 heavy (non-hydrogen) atoms. The second-order valence-corrected chi connectivity index (χ2v) is 12.3. The predicted molar refractivity (Wildman–Crippen MR) is 198 cm³/mol. The number of aromatic nitrogens is 7. The zero-order chi connectivity index (χ0) is 39.8. The summed E-state index contributed by atoms with van der Waals surface area (Å²) < 4.78 is 86.4. The van der Waals surface area contributed by atoms with E-state index >= 15 is 0 Å². The predicted octanol–water partition coefficient (Wildman–Crippen LogP) is 9.03. The summed E-state index contributed by atoms with van der Waals surface area (Å²) in [5, 5.41) is 28.8. The highest BCUT2D eigenvalue weighted by atomic mass is 19.4. The minimum absolute atomic E-state index is 0. The van der Waals surface area contributed by atoms with Crippen molar-refractivity contribution >= 4 is 11.9 Å². The van der Waals surface area contributed by atoms with Crippen molar-refractivity contribution in [3.8, 4) is 56.4 Å². The molecular formula is C40H30F6N8O3. The summed E-state index contributed by atoms with van der Waals surface area (Å²) in [6.45, 7) is 1.97. The molecule has 0 fully saturated rings. The molecule has 3 aromatic heterocycles. The van der Waals surface area contributed by atoms with Crippen molar-refractivity contribution < 1.29 is 41.0 Å². The molecule has 0 unspecified atom stereocenters. The van der Waals surface area contributed by atoms with Crippen LogP contribution in [0.5, 0.6) is 0 Å². The number of carboxylic acids is 1. The lowest BCUT2D eigenvalue weighted by Gasteiger charge is -2.19. The minimum Gasteiger partial charge on any atom is -0.478 e. The first-order chi connectivity index (χ1) is 26.7. The SMILES string of the molecule is C.CCNC(=O)c1cc(-c2cn(-c3cccc(-c4cccc(C(F)(F)F)c4)c3)nn2)nc(-c2cn(-c3c(-c4ccccc4)ccc(C(=O)O)c3C(F)(F)F)nn2)c1. The highest BCUT2D eigenvalue weighted by Gasteiger charge is 2.40. The van der Waals surface area contributed by atoms with E-state index in [0.29, 0.717) is 22.4 Å². The average molecular weight is 785 g/mol. The van der Waals surface area contributed by atoms with Gasteiger partial charge in [0, 0.05) is 17.7 Å². The topological polar surface area (TPSA) is 141 Å². The number of benzene rings is 4. The maximum Gasteiger partial charge on any atom is 0.419 e. The third-order valence-electron chi connectivity index (χ3n) is 8.58. The molecule has 0 aliphatic heterocycles. The Balaban J connectivity index is 0.00000549. The molecule has 4 aromatic carbocycles. The van der Waals surface area contributed by atoms with Gasteiger partial charge < -0.3 is 10.4 Å². The molecule has 0 radical (unpaired) electrons. The summed E-state index contributed by atoms with van der Waals surface area (Å²) in [6, 6.07) is 24.4. The van der Waals surface area contributed by atoms with Gasteiger partial charge in [-0.05, 0) is 66.1 Å². The fourth-order valence-electron chi connectivity index (χ4n) is 6.03. The first kappa shape index (κ1) is 39.5. The van der Waals surface area contributed by atoms with E-state index < -0.39 is 46.6 Å². The van der Waals surface area contributed by atoms with Crippen molar-refractivity contribution in [2.45, 2.75) is 26.7 Å². The van der Waals surface area contributed by atoms with E-state index in [2.05, 4.69) is 30.9 Å². The number of aromatic carboxylic acids is 1. The van der Waals surface area contributed by atoms with Crippen LogP contribution in [-0.2, 0) is 12.4 Å². The van der Waals surface area contributed by atoms with E-state index in [0.717, 1.165) is 29.1 Å². The molecule has 3 heterocycles. The summed E-state index contributed by atoms with van der Waals surface area (Å²) in [5.41, 5.74) is -1.88. The Kier molecular flexibility index (Phi) is 10.8. The second kappa shape index (κ2) is 15.5. The van der Waals surface area contributed by atoms with Crippen molar-refractivity contribution in [3.63, 3.8) is 0 Å². The summed E-state index contributed by atoms with van der Waals surface area (Å²) in [5.74, 6) is -2.30. The van der Waals surface area contributed by atoms with E-state index in [1.54, 1.807) is 67.6 Å². The van der Waals surface area contributed by atoms with Crippen LogP contribution in [0.4, 0.5) is 26.3 Å². The average Bonchev–Trinajstić information content (AvgIpc) is 3.89. The Morgan fingerprint density at radius 2 is 1.28 bits per heavy atom. The Morgan fingerprint density at radius 1 is 0.684 bits per heavy atom. The quantitative estimate of drug-likeness (QED) is 0.138. The van der Waals surface area contributed by atoms with Crippen LogP contribution in [0.25, 0.3) is 56.4 Å². The number of hydrogen-bond acceptors (Lipinski definition) is 7. The summed E-state index contributed by atoms with van der Waals surface area (Å²) in [4.78, 5) is 29.7. The number of amides is 1. The number of carbonyl (C=O) groups excluding carboxylic acids is 1. The number of rotatable bonds is 9. The fraction of sp³-hybridized carbons (Fsp3) is 0.125. The molecule has 0 aliphatic carbocycles. The third-order valence-corrected chi connectivity index (χ3v) is 8.58. The molecule has 0 atom stereocenters. The molecule has 0 spiro atoms. The maximum absolute atomic E-state index is 14.7. The van der Waals surface area contributed by atoms with Crippen molar-refractivity contribution in [1.82, 2.24) is 40.3 Å². The number of halogens is 6. The van der Waals surface area contributed by atoms with E-state index in [1.165, 1.54) is 35.1 Å². The number of carbonyl (C=O) groups is 2. The van der Waals surface area contributed by atoms with Crippen LogP contribution < -0.4 is 5.32 Å². The van der Waals surface area contributed by atoms with Gasteiger partial charge in [0.1, 0.15) is 11.4 Å². The fourth-order valence-corrected chi connectivity index (χ4v) is 6.03. The molecule has 17 heteroatoms. The number of alkyl halides is 6. The first-order valence-electron chi connectivity index (χ1n) is 16.7. The van der Waals surface area contributed by atoms with Crippen LogP contribution in [0.1, 0.15) is 46.2 Å². The van der Waals surface area contributed by atoms with Crippen LogP contribution >= 0.6 is 0 Å². The Labute approximate surface area is 320 Å². The molecule has 11 nitrogen and oxygen atoms in total. The largest absolute Gasteiger partial charge is 0.478 e. The van der Waals surface area contributed by atoms with Crippen molar-refractivity contribution in [1.29, 1.82) is 0 Å². The lowest BCUT2D eigenvalue weighted by Crippen LogP contribution is -2.22. The lowest BCUT2D eigenvalue weighted by atomic mass is 9.95. The van der Waals surface area contributed by atoms with Gasteiger partial charge in [0.15, 0.2) is 0 Å². The van der Waals surface area contributed by atoms with Crippen LogP contribution in [0.3, 0.4) is 0 Å². The normalized spacial score (nSPS) is 11.6. The van der Waals surface area contributed by atoms with Gasteiger partial charge in [-0.3, -0.25) is 4.79 Å². The van der Waals surface area contributed by atoms with Gasteiger partial charge in [-0.2, -0.15) is 26.3 Å². The van der Waals surface area contributed by atoms with E-state index in [9.17, 15) is 41.0 Å². The van der Waals surface area contributed by atoms with Crippen molar-refractivity contribution in [2.24, 2.45) is 0 Å². The van der Waals surface area contributed by atoms with Gasteiger partial charge in [-0.15, -0.1) is 10.2 Å². The molecule has 0 bridgehead atoms. The molecule has 7 aromatic rings. The molecule has 0 saturated heterocycles. The highest BCUT2D eigenvalue weighted by Crippen LogP contribution is 2.42. The van der Waals surface area contributed by atoms with E-state index in [-0.39, 0.29) is 47.9 Å². The molecule has 290 valence electrons. The Bertz CT molecular complexity index is 2600. The van der Waals surface area contributed by atoms with Gasteiger partial charge in [0.05, 0.1) is 51.8 Å². The van der Waals surface area contributed by atoms with Crippen molar-refractivity contribution in [2.75, 3.05) is 6.54 Å². The number of nitrogens with one attached hydrogen (secondary N) is 1. The Morgan fingerprint density at radius 3 is 1.89 bits per heavy atom. The molecule has 0 saturated carbocycles. The zero-order valence-corrected chi connectivity index (χ0v) is 28.8. The summed E-state index contributed by atoms with van der Waals surface area (Å²) in [7, 11) is 0.